The van der Waals surface area contributed by atoms with E-state index in [0.29, 0.717) is 0 Å². The average molecular weight is 197 g/mol. The average Bonchev–Trinajstić information content (AvgIpc) is 2.31. The van der Waals surface area contributed by atoms with Gasteiger partial charge in [-0.15, -0.1) is 0 Å². The highest BCUT2D eigenvalue weighted by Gasteiger charge is 2.00. The van der Waals surface area contributed by atoms with Crippen molar-refractivity contribution < 1.29 is 5.21 Å². The molecule has 0 amide bonds. The Morgan fingerprint density at radius 1 is 0.867 bits per heavy atom. The van der Waals surface area contributed by atoms with Gasteiger partial charge in [-0.05, 0) is 11.1 Å². The highest BCUT2D eigenvalue weighted by molar-refractivity contribution is 5.89. The lowest BCUT2D eigenvalue weighted by molar-refractivity contribution is 0.322. The van der Waals surface area contributed by atoms with Gasteiger partial charge in [0.05, 0.1) is 6.21 Å². The fourth-order valence-electron chi connectivity index (χ4n) is 1.55. The monoisotopic (exact) mass is 197 g/mol. The Kier molecular flexibility index (Phi) is 2.79. The SMILES string of the molecule is ON=Cc1ccccc1-c1ccccc1. The second kappa shape index (κ2) is 4.42. The van der Waals surface area contributed by atoms with Gasteiger partial charge in [0, 0.05) is 5.56 Å². The third-order valence-corrected chi connectivity index (χ3v) is 2.24. The van der Waals surface area contributed by atoms with Crippen LogP contribution in [0.3, 0.4) is 0 Å². The highest BCUT2D eigenvalue weighted by Crippen LogP contribution is 2.21. The van der Waals surface area contributed by atoms with Crippen molar-refractivity contribution in [3.63, 3.8) is 0 Å². The summed E-state index contributed by atoms with van der Waals surface area (Å²) in [6.07, 6.45) is 1.45. The summed E-state index contributed by atoms with van der Waals surface area (Å²) in [5.74, 6) is 0. The molecule has 0 aliphatic heterocycles. The molecule has 0 aliphatic rings. The molecule has 2 aromatic carbocycles. The van der Waals surface area contributed by atoms with Crippen molar-refractivity contribution in [1.82, 2.24) is 0 Å². The van der Waals surface area contributed by atoms with Crippen LogP contribution in [-0.2, 0) is 0 Å². The molecule has 0 atom stereocenters. The molecule has 15 heavy (non-hydrogen) atoms. The summed E-state index contributed by atoms with van der Waals surface area (Å²) in [5, 5.41) is 11.6. The van der Waals surface area contributed by atoms with Crippen molar-refractivity contribution in [2.24, 2.45) is 5.16 Å². The molecule has 0 saturated heterocycles. The van der Waals surface area contributed by atoms with Crippen molar-refractivity contribution >= 4 is 6.21 Å². The molecule has 2 heteroatoms. The van der Waals surface area contributed by atoms with E-state index >= 15 is 0 Å². The van der Waals surface area contributed by atoms with Crippen LogP contribution < -0.4 is 0 Å². The first kappa shape index (κ1) is 9.46. The largest absolute Gasteiger partial charge is 0.411 e. The fraction of sp³-hybridized carbons (Fsp3) is 0. The van der Waals surface area contributed by atoms with E-state index in [2.05, 4.69) is 5.16 Å². The lowest BCUT2D eigenvalue weighted by atomic mass is 10.0. The van der Waals surface area contributed by atoms with E-state index < -0.39 is 0 Å². The van der Waals surface area contributed by atoms with Gasteiger partial charge in [0.2, 0.25) is 0 Å². The smallest absolute Gasteiger partial charge is 0.0740 e. The molecule has 0 radical (unpaired) electrons. The summed E-state index contributed by atoms with van der Waals surface area (Å²) < 4.78 is 0. The van der Waals surface area contributed by atoms with E-state index in [1.165, 1.54) is 6.21 Å². The van der Waals surface area contributed by atoms with Gasteiger partial charge in [-0.2, -0.15) is 0 Å². The summed E-state index contributed by atoms with van der Waals surface area (Å²) in [4.78, 5) is 0. The summed E-state index contributed by atoms with van der Waals surface area (Å²) in [7, 11) is 0. The molecule has 0 aliphatic carbocycles. The van der Waals surface area contributed by atoms with Crippen LogP contribution in [0.25, 0.3) is 11.1 Å². The van der Waals surface area contributed by atoms with Crippen LogP contribution in [0, 0.1) is 0 Å². The van der Waals surface area contributed by atoms with Gasteiger partial charge in [-0.25, -0.2) is 0 Å². The maximum Gasteiger partial charge on any atom is 0.0740 e. The summed E-state index contributed by atoms with van der Waals surface area (Å²) >= 11 is 0. The van der Waals surface area contributed by atoms with E-state index in [4.69, 9.17) is 5.21 Å². The number of rotatable bonds is 2. The zero-order valence-electron chi connectivity index (χ0n) is 8.17. The number of oxime groups is 1. The van der Waals surface area contributed by atoms with E-state index in [1.807, 2.05) is 54.6 Å². The van der Waals surface area contributed by atoms with Crippen LogP contribution >= 0.6 is 0 Å². The predicted octanol–water partition coefficient (Wildman–Crippen LogP) is 3.16. The zero-order chi connectivity index (χ0) is 10.5. The van der Waals surface area contributed by atoms with Crippen molar-refractivity contribution in [2.75, 3.05) is 0 Å². The number of hydrogen-bond donors (Lipinski definition) is 1. The molecule has 1 N–H and O–H groups in total. The lowest BCUT2D eigenvalue weighted by Crippen LogP contribution is -1.87. The minimum absolute atomic E-state index is 0.909. The fourth-order valence-corrected chi connectivity index (χ4v) is 1.55. The Balaban J connectivity index is 2.53. The van der Waals surface area contributed by atoms with Crippen molar-refractivity contribution in [3.8, 4) is 11.1 Å². The normalized spacial score (nSPS) is 10.7. The van der Waals surface area contributed by atoms with Crippen molar-refractivity contribution in [2.45, 2.75) is 0 Å². The van der Waals surface area contributed by atoms with E-state index in [0.717, 1.165) is 16.7 Å². The number of benzene rings is 2. The van der Waals surface area contributed by atoms with Crippen LogP contribution in [0.5, 0.6) is 0 Å². The predicted molar refractivity (Wildman–Crippen MR) is 61.3 cm³/mol. The minimum atomic E-state index is 0.909. The molecule has 0 unspecified atom stereocenters. The van der Waals surface area contributed by atoms with Gasteiger partial charge in [0.25, 0.3) is 0 Å². The Bertz CT molecular complexity index is 463. The maximum absolute atomic E-state index is 8.56. The summed E-state index contributed by atoms with van der Waals surface area (Å²) in [6, 6.07) is 17.8. The molecule has 2 nitrogen and oxygen atoms in total. The Morgan fingerprint density at radius 3 is 2.27 bits per heavy atom. The second-order valence-corrected chi connectivity index (χ2v) is 3.20. The third kappa shape index (κ3) is 2.05. The standard InChI is InChI=1S/C13H11NO/c15-14-10-12-8-4-5-9-13(12)11-6-2-1-3-7-11/h1-10,15H. The van der Waals surface area contributed by atoms with Gasteiger partial charge in [-0.3, -0.25) is 0 Å². The zero-order valence-corrected chi connectivity index (χ0v) is 8.17. The van der Waals surface area contributed by atoms with Crippen molar-refractivity contribution in [1.29, 1.82) is 0 Å². The topological polar surface area (TPSA) is 32.6 Å². The molecule has 0 aromatic heterocycles. The van der Waals surface area contributed by atoms with E-state index in [9.17, 15) is 0 Å². The van der Waals surface area contributed by atoms with Gasteiger partial charge in [0.15, 0.2) is 0 Å². The molecular weight excluding hydrogens is 186 g/mol. The van der Waals surface area contributed by atoms with E-state index in [-0.39, 0.29) is 0 Å². The number of hydrogen-bond acceptors (Lipinski definition) is 2. The third-order valence-electron chi connectivity index (χ3n) is 2.24. The molecule has 0 saturated carbocycles. The summed E-state index contributed by atoms with van der Waals surface area (Å²) in [6.45, 7) is 0. The molecule has 2 aromatic rings. The Hall–Kier alpha value is -2.09. The Morgan fingerprint density at radius 2 is 1.53 bits per heavy atom. The molecule has 2 rings (SSSR count). The first-order chi connectivity index (χ1) is 7.42. The molecule has 0 fully saturated rings. The minimum Gasteiger partial charge on any atom is -0.411 e. The van der Waals surface area contributed by atoms with Crippen LogP contribution in [-0.4, -0.2) is 11.4 Å². The molecular formula is C13H11NO. The molecule has 0 heterocycles. The first-order valence-corrected chi connectivity index (χ1v) is 4.73. The van der Waals surface area contributed by atoms with Gasteiger partial charge < -0.3 is 5.21 Å². The summed E-state index contributed by atoms with van der Waals surface area (Å²) in [5.41, 5.74) is 3.09. The van der Waals surface area contributed by atoms with Gasteiger partial charge in [-0.1, -0.05) is 59.8 Å². The van der Waals surface area contributed by atoms with Crippen LogP contribution in [0.1, 0.15) is 5.56 Å². The van der Waals surface area contributed by atoms with E-state index in [1.54, 1.807) is 0 Å². The Labute approximate surface area is 88.5 Å². The molecule has 74 valence electrons. The number of nitrogens with zero attached hydrogens (tertiary/aromatic N) is 1. The van der Waals surface area contributed by atoms with Gasteiger partial charge >= 0.3 is 0 Å². The molecule has 0 bridgehead atoms. The molecule has 0 spiro atoms. The van der Waals surface area contributed by atoms with Crippen LogP contribution in [0.15, 0.2) is 59.8 Å². The van der Waals surface area contributed by atoms with Gasteiger partial charge in [0.1, 0.15) is 0 Å². The quantitative estimate of drug-likeness (QED) is 0.447. The van der Waals surface area contributed by atoms with Crippen LogP contribution in [0.2, 0.25) is 0 Å². The van der Waals surface area contributed by atoms with Crippen molar-refractivity contribution in [3.05, 3.63) is 60.2 Å². The highest BCUT2D eigenvalue weighted by atomic mass is 16.4. The maximum atomic E-state index is 8.56. The first-order valence-electron chi connectivity index (χ1n) is 4.73. The second-order valence-electron chi connectivity index (χ2n) is 3.20. The van der Waals surface area contributed by atoms with Crippen LogP contribution in [0.4, 0.5) is 0 Å². The lowest BCUT2D eigenvalue weighted by Gasteiger charge is -2.04.